The zero-order valence-corrected chi connectivity index (χ0v) is 35.6. The average molecular weight is 823 g/mol. The van der Waals surface area contributed by atoms with Crippen LogP contribution in [0.3, 0.4) is 0 Å². The SMILES string of the molecule is c1ccc(-c2ccc(N3c4ccccc4B4c5ccccc5N5c6ccccc6B6c7ccccc7C(c7ccccc7)(c7ccccc7)c7cc3c4c5c76)c(-c3ccccc3)c2)cc1. The Labute approximate surface area is 380 Å². The Morgan fingerprint density at radius 1 is 0.292 bits per heavy atom. The normalized spacial score (nSPS) is 14.2. The van der Waals surface area contributed by atoms with E-state index >= 15 is 0 Å². The van der Waals surface area contributed by atoms with Gasteiger partial charge in [0.1, 0.15) is 0 Å². The summed E-state index contributed by atoms with van der Waals surface area (Å²) >= 11 is 0. The lowest BCUT2D eigenvalue weighted by Crippen LogP contribution is -2.70. The van der Waals surface area contributed by atoms with Crippen molar-refractivity contribution in [3.05, 3.63) is 265 Å². The zero-order chi connectivity index (χ0) is 42.6. The Morgan fingerprint density at radius 2 is 0.754 bits per heavy atom. The fourth-order valence-corrected chi connectivity index (χ4v) is 12.3. The molecule has 300 valence electrons. The monoisotopic (exact) mass is 822 g/mol. The van der Waals surface area contributed by atoms with E-state index in [1.165, 1.54) is 106 Å². The summed E-state index contributed by atoms with van der Waals surface area (Å²) in [6.07, 6.45) is 0. The quantitative estimate of drug-likeness (QED) is 0.160. The van der Waals surface area contributed by atoms with Crippen LogP contribution in [0.25, 0.3) is 22.3 Å². The minimum absolute atomic E-state index is 0.0138. The molecule has 65 heavy (non-hydrogen) atoms. The molecule has 4 aliphatic heterocycles. The number of hydrogen-bond acceptors (Lipinski definition) is 2. The molecule has 0 radical (unpaired) electrons. The molecule has 14 rings (SSSR count). The number of para-hydroxylation sites is 3. The molecule has 10 aromatic rings. The van der Waals surface area contributed by atoms with Crippen molar-refractivity contribution in [2.24, 2.45) is 0 Å². The van der Waals surface area contributed by atoms with Crippen molar-refractivity contribution in [1.29, 1.82) is 0 Å². The van der Waals surface area contributed by atoms with Crippen molar-refractivity contribution in [2.45, 2.75) is 5.41 Å². The molecule has 0 bridgehead atoms. The van der Waals surface area contributed by atoms with E-state index in [9.17, 15) is 0 Å². The largest absolute Gasteiger partial charge is 0.312 e. The van der Waals surface area contributed by atoms with Crippen molar-refractivity contribution < 1.29 is 0 Å². The van der Waals surface area contributed by atoms with Gasteiger partial charge in [0, 0.05) is 34.0 Å². The molecule has 0 N–H and O–H groups in total. The lowest BCUT2D eigenvalue weighted by atomic mass is 9.26. The Kier molecular flexibility index (Phi) is 7.82. The molecule has 0 amide bonds. The second kappa shape index (κ2) is 14.0. The average Bonchev–Trinajstić information content (AvgIpc) is 3.39. The van der Waals surface area contributed by atoms with Gasteiger partial charge in [0.15, 0.2) is 0 Å². The zero-order valence-electron chi connectivity index (χ0n) is 35.6. The molecule has 0 aliphatic carbocycles. The summed E-state index contributed by atoms with van der Waals surface area (Å²) in [4.78, 5) is 5.27. The first-order chi connectivity index (χ1) is 32.3. The first kappa shape index (κ1) is 36.4. The van der Waals surface area contributed by atoms with Crippen molar-refractivity contribution in [3.63, 3.8) is 0 Å². The molecule has 2 nitrogen and oxygen atoms in total. The molecule has 4 heteroatoms. The van der Waals surface area contributed by atoms with Crippen LogP contribution >= 0.6 is 0 Å². The Bertz CT molecular complexity index is 3470. The highest BCUT2D eigenvalue weighted by atomic mass is 15.2. The molecule has 0 atom stereocenters. The standard InChI is InChI=1S/C61H40B2N2/c1-5-21-41(22-6-1)43-37-38-53(46(39-43)42-23-7-2-8-24-42)64-54-34-18-15-31-50(54)63-52-33-17-20-36-56(52)65-55-35-19-16-32-51(55)62-49-30-14-13-29-47(49)61(44-25-9-3-10-26-44,45-27-11-4-12-28-45)48-40-57(64)59(63)60(65)58(48)62/h1-40H. The fraction of sp³-hybridized carbons (Fsp3) is 0.0164. The third-order valence-corrected chi connectivity index (χ3v) is 14.8. The van der Waals surface area contributed by atoms with Gasteiger partial charge < -0.3 is 9.80 Å². The van der Waals surface area contributed by atoms with Crippen LogP contribution in [-0.2, 0) is 5.41 Å². The number of anilines is 6. The lowest BCUT2D eigenvalue weighted by molar-refractivity contribution is 0.751. The molecule has 0 saturated heterocycles. The van der Waals surface area contributed by atoms with Crippen LogP contribution in [-0.4, -0.2) is 13.4 Å². The first-order valence-electron chi connectivity index (χ1n) is 22.8. The van der Waals surface area contributed by atoms with E-state index in [0.717, 1.165) is 5.69 Å². The summed E-state index contributed by atoms with van der Waals surface area (Å²) in [5.41, 5.74) is 24.8. The third-order valence-electron chi connectivity index (χ3n) is 14.8. The Hall–Kier alpha value is -8.07. The maximum Gasteiger partial charge on any atom is 0.252 e. The molecule has 0 aromatic heterocycles. The van der Waals surface area contributed by atoms with Gasteiger partial charge in [0.2, 0.25) is 6.71 Å². The highest BCUT2D eigenvalue weighted by Crippen LogP contribution is 2.53. The number of rotatable bonds is 5. The van der Waals surface area contributed by atoms with E-state index in [1.807, 2.05) is 0 Å². The van der Waals surface area contributed by atoms with Gasteiger partial charge in [0.25, 0.3) is 6.71 Å². The van der Waals surface area contributed by atoms with Crippen molar-refractivity contribution in [3.8, 4) is 22.3 Å². The number of benzene rings is 10. The van der Waals surface area contributed by atoms with Gasteiger partial charge in [-0.1, -0.05) is 212 Å². The lowest BCUT2D eigenvalue weighted by Gasteiger charge is -2.53. The predicted octanol–water partition coefficient (Wildman–Crippen LogP) is 10.6. The van der Waals surface area contributed by atoms with Gasteiger partial charge in [-0.25, -0.2) is 0 Å². The molecular weight excluding hydrogens is 782 g/mol. The van der Waals surface area contributed by atoms with Gasteiger partial charge in [-0.05, 0) is 103 Å². The smallest absolute Gasteiger partial charge is 0.252 e. The van der Waals surface area contributed by atoms with Crippen LogP contribution in [0.1, 0.15) is 22.3 Å². The van der Waals surface area contributed by atoms with Crippen molar-refractivity contribution in [2.75, 3.05) is 9.80 Å². The summed E-state index contributed by atoms with van der Waals surface area (Å²) in [6, 6.07) is 91.1. The van der Waals surface area contributed by atoms with Crippen LogP contribution in [0.4, 0.5) is 34.1 Å². The van der Waals surface area contributed by atoms with Gasteiger partial charge in [0.05, 0.1) is 11.1 Å². The van der Waals surface area contributed by atoms with Crippen molar-refractivity contribution >= 4 is 80.3 Å². The molecule has 4 heterocycles. The van der Waals surface area contributed by atoms with Crippen LogP contribution in [0.15, 0.2) is 243 Å². The molecule has 4 aliphatic rings. The maximum atomic E-state index is 2.65. The summed E-state index contributed by atoms with van der Waals surface area (Å²) in [5, 5.41) is 0. The summed E-state index contributed by atoms with van der Waals surface area (Å²) in [6.45, 7) is 0.0379. The van der Waals surface area contributed by atoms with Crippen LogP contribution < -0.4 is 42.6 Å². The highest BCUT2D eigenvalue weighted by Gasteiger charge is 2.55. The van der Waals surface area contributed by atoms with Gasteiger partial charge in [-0.2, -0.15) is 0 Å². The van der Waals surface area contributed by atoms with E-state index in [1.54, 1.807) is 0 Å². The molecule has 0 fully saturated rings. The van der Waals surface area contributed by atoms with Crippen LogP contribution in [0.5, 0.6) is 0 Å². The molecule has 0 unspecified atom stereocenters. The molecule has 0 saturated carbocycles. The Morgan fingerprint density at radius 3 is 1.34 bits per heavy atom. The molecule has 10 aromatic carbocycles. The highest BCUT2D eigenvalue weighted by molar-refractivity contribution is 7.04. The summed E-state index contributed by atoms with van der Waals surface area (Å²) in [7, 11) is 0. The van der Waals surface area contributed by atoms with Gasteiger partial charge in [-0.3, -0.25) is 0 Å². The fourth-order valence-electron chi connectivity index (χ4n) is 12.3. The second-order valence-electron chi connectivity index (χ2n) is 17.9. The van der Waals surface area contributed by atoms with Gasteiger partial charge in [-0.15, -0.1) is 0 Å². The van der Waals surface area contributed by atoms with Crippen LogP contribution in [0, 0.1) is 0 Å². The number of nitrogens with zero attached hydrogens (tertiary/aromatic N) is 2. The number of fused-ring (bicyclic) bond motifs is 10. The summed E-state index contributed by atoms with van der Waals surface area (Å²) < 4.78 is 0. The van der Waals surface area contributed by atoms with E-state index in [0.29, 0.717) is 0 Å². The summed E-state index contributed by atoms with van der Waals surface area (Å²) in [5.74, 6) is 0. The minimum Gasteiger partial charge on any atom is -0.312 e. The minimum atomic E-state index is -0.636. The van der Waals surface area contributed by atoms with E-state index < -0.39 is 5.41 Å². The first-order valence-corrected chi connectivity index (χ1v) is 22.8. The topological polar surface area (TPSA) is 6.48 Å². The van der Waals surface area contributed by atoms with E-state index in [2.05, 4.69) is 252 Å². The second-order valence-corrected chi connectivity index (χ2v) is 17.9. The molecular formula is C61H40B2N2. The van der Waals surface area contributed by atoms with E-state index in [-0.39, 0.29) is 13.4 Å². The number of hydrogen-bond donors (Lipinski definition) is 0. The third kappa shape index (κ3) is 4.97. The van der Waals surface area contributed by atoms with Crippen molar-refractivity contribution in [1.82, 2.24) is 0 Å². The molecule has 0 spiro atoms. The van der Waals surface area contributed by atoms with Crippen LogP contribution in [0.2, 0.25) is 0 Å². The van der Waals surface area contributed by atoms with E-state index in [4.69, 9.17) is 0 Å². The Balaban J connectivity index is 1.18. The van der Waals surface area contributed by atoms with Gasteiger partial charge >= 0.3 is 0 Å². The maximum absolute atomic E-state index is 2.65. The predicted molar refractivity (Wildman–Crippen MR) is 274 cm³/mol.